The molecule has 2 aromatic heterocycles. The van der Waals surface area contributed by atoms with Crippen molar-refractivity contribution in [2.75, 3.05) is 27.3 Å². The highest BCUT2D eigenvalue weighted by Gasteiger charge is 2.32. The van der Waals surface area contributed by atoms with Gasteiger partial charge in [0, 0.05) is 37.3 Å². The largest absolute Gasteiger partial charge is 0.481 e. The summed E-state index contributed by atoms with van der Waals surface area (Å²) in [7, 11) is 3.05. The van der Waals surface area contributed by atoms with Gasteiger partial charge in [-0.25, -0.2) is 0 Å². The molecule has 2 heterocycles. The lowest BCUT2D eigenvalue weighted by molar-refractivity contribution is -0.140. The molecular formula is C40H44Br2N4O10. The zero-order valence-electron chi connectivity index (χ0n) is 30.9. The predicted molar refractivity (Wildman–Crippen MR) is 212 cm³/mol. The molecule has 0 bridgehead atoms. The first-order valence-electron chi connectivity index (χ1n) is 18.2. The first-order valence-corrected chi connectivity index (χ1v) is 19.8. The van der Waals surface area contributed by atoms with E-state index in [0.29, 0.717) is 45.6 Å². The van der Waals surface area contributed by atoms with Gasteiger partial charge in [-0.1, -0.05) is 36.4 Å². The number of aromatic nitrogens is 2. The number of fused-ring (bicyclic) bond motifs is 2. The number of nitrogens with zero attached hydrogens (tertiary/aromatic N) is 2. The quantitative estimate of drug-likeness (QED) is 0.0673. The number of carboxylic acids is 2. The number of methoxy groups -OCH3 is 2. The average molecular weight is 901 g/mol. The Morgan fingerprint density at radius 3 is 1.50 bits per heavy atom. The normalized spacial score (nSPS) is 16.8. The molecule has 2 aliphatic carbocycles. The Morgan fingerprint density at radius 2 is 1.12 bits per heavy atom. The van der Waals surface area contributed by atoms with E-state index < -0.39 is 24.1 Å². The van der Waals surface area contributed by atoms with E-state index in [9.17, 15) is 19.8 Å². The molecule has 6 N–H and O–H groups in total. The standard InChI is InChI=1S/C40H44Br2N4O10/c1-53-37-21(17-43-19-23(47)15-35(49)50)13-31(41)39(45-37)55-33-11-9-27-25(5-3-7-29(27)33)26-6-4-8-30-28(26)10-12-34(30)56-40-32(42)14-22(38(46-40)54-2)18-44-20-24(48)16-36(51)52/h3-8,13-14,23-24,33-34,43-44,47-48H,9-12,15-20H2,1-2H3,(H,49,50)(H,51,52)/t23?,24?,33-,34-/m0/s1. The van der Waals surface area contributed by atoms with Crippen molar-refractivity contribution in [3.8, 4) is 34.6 Å². The van der Waals surface area contributed by atoms with E-state index in [4.69, 9.17) is 29.2 Å². The Labute approximate surface area is 340 Å². The number of ether oxygens (including phenoxy) is 4. The van der Waals surface area contributed by atoms with Gasteiger partial charge in [0.1, 0.15) is 12.2 Å². The lowest BCUT2D eigenvalue weighted by atomic mass is 9.91. The number of pyridine rings is 2. The number of aliphatic carboxylic acids is 2. The number of aliphatic hydroxyl groups excluding tert-OH is 2. The minimum absolute atomic E-state index is 0.107. The van der Waals surface area contributed by atoms with Crippen molar-refractivity contribution < 1.29 is 49.0 Å². The molecule has 0 saturated heterocycles. The number of nitrogens with one attached hydrogen (secondary N) is 2. The van der Waals surface area contributed by atoms with Crippen LogP contribution in [0.1, 0.15) is 71.3 Å². The fourth-order valence-corrected chi connectivity index (χ4v) is 8.22. The third-order valence-electron chi connectivity index (χ3n) is 9.79. The van der Waals surface area contributed by atoms with Crippen LogP contribution in [-0.4, -0.2) is 81.8 Å². The Balaban J connectivity index is 1.16. The van der Waals surface area contributed by atoms with Gasteiger partial charge in [0.2, 0.25) is 23.5 Å². The van der Waals surface area contributed by atoms with Crippen LogP contribution in [0.25, 0.3) is 11.1 Å². The first kappa shape index (κ1) is 41.3. The lowest BCUT2D eigenvalue weighted by Gasteiger charge is -2.19. The maximum atomic E-state index is 10.9. The van der Waals surface area contributed by atoms with Crippen molar-refractivity contribution in [1.82, 2.24) is 20.6 Å². The summed E-state index contributed by atoms with van der Waals surface area (Å²) in [5, 5.41) is 43.7. The van der Waals surface area contributed by atoms with E-state index in [1.165, 1.54) is 25.3 Å². The third-order valence-corrected chi connectivity index (χ3v) is 10.9. The van der Waals surface area contributed by atoms with Gasteiger partial charge in [-0.2, -0.15) is 9.97 Å². The summed E-state index contributed by atoms with van der Waals surface area (Å²) in [6, 6.07) is 16.4. The summed E-state index contributed by atoms with van der Waals surface area (Å²) < 4.78 is 25.5. The van der Waals surface area contributed by atoms with Crippen molar-refractivity contribution in [1.29, 1.82) is 0 Å². The Kier molecular flexibility index (Phi) is 13.8. The fourth-order valence-electron chi connectivity index (χ4n) is 7.31. The maximum Gasteiger partial charge on any atom is 0.306 e. The average Bonchev–Trinajstić information content (AvgIpc) is 3.77. The monoisotopic (exact) mass is 898 g/mol. The van der Waals surface area contributed by atoms with E-state index in [1.807, 2.05) is 12.1 Å². The summed E-state index contributed by atoms with van der Waals surface area (Å²) in [6.07, 6.45) is 0.0130. The van der Waals surface area contributed by atoms with E-state index in [1.54, 1.807) is 0 Å². The van der Waals surface area contributed by atoms with Crippen LogP contribution in [0.4, 0.5) is 0 Å². The van der Waals surface area contributed by atoms with Gasteiger partial charge in [0.05, 0.1) is 48.2 Å². The molecule has 2 aliphatic rings. The van der Waals surface area contributed by atoms with Crippen molar-refractivity contribution in [3.05, 3.63) is 90.9 Å². The number of rotatable bonds is 19. The minimum Gasteiger partial charge on any atom is -0.481 e. The summed E-state index contributed by atoms with van der Waals surface area (Å²) in [4.78, 5) is 31.0. The van der Waals surface area contributed by atoms with Crippen LogP contribution in [-0.2, 0) is 35.5 Å². The van der Waals surface area contributed by atoms with Gasteiger partial charge in [0.15, 0.2) is 0 Å². The van der Waals surface area contributed by atoms with Crippen molar-refractivity contribution in [2.45, 2.75) is 76.0 Å². The molecule has 0 aliphatic heterocycles. The van der Waals surface area contributed by atoms with E-state index in [0.717, 1.165) is 59.1 Å². The van der Waals surface area contributed by atoms with Crippen LogP contribution in [0, 0.1) is 0 Å². The molecule has 2 aromatic carbocycles. The highest BCUT2D eigenvalue weighted by atomic mass is 79.9. The van der Waals surface area contributed by atoms with Crippen LogP contribution in [0.2, 0.25) is 0 Å². The van der Waals surface area contributed by atoms with Crippen LogP contribution in [0.5, 0.6) is 23.5 Å². The van der Waals surface area contributed by atoms with Gasteiger partial charge in [-0.05, 0) is 103 Å². The molecular weight excluding hydrogens is 856 g/mol. The van der Waals surface area contributed by atoms with E-state index >= 15 is 0 Å². The lowest BCUT2D eigenvalue weighted by Crippen LogP contribution is -2.28. The molecule has 0 spiro atoms. The van der Waals surface area contributed by atoms with Gasteiger partial charge in [0.25, 0.3) is 0 Å². The molecule has 6 rings (SSSR count). The van der Waals surface area contributed by atoms with Crippen molar-refractivity contribution in [2.24, 2.45) is 0 Å². The number of benzene rings is 2. The number of hydrogen-bond acceptors (Lipinski definition) is 12. The van der Waals surface area contributed by atoms with Crippen LogP contribution in [0.15, 0.2) is 57.5 Å². The second-order valence-corrected chi connectivity index (χ2v) is 15.4. The third kappa shape index (κ3) is 9.79. The van der Waals surface area contributed by atoms with Gasteiger partial charge in [-0.15, -0.1) is 0 Å². The maximum absolute atomic E-state index is 10.9. The Morgan fingerprint density at radius 1 is 0.714 bits per heavy atom. The zero-order valence-corrected chi connectivity index (χ0v) is 34.1. The molecule has 0 amide bonds. The second kappa shape index (κ2) is 18.7. The number of carbonyl (C=O) groups is 2. The number of aliphatic hydroxyl groups is 2. The molecule has 14 nitrogen and oxygen atoms in total. The summed E-state index contributed by atoms with van der Waals surface area (Å²) >= 11 is 7.22. The fraction of sp³-hybridized carbons (Fsp3) is 0.400. The van der Waals surface area contributed by atoms with Crippen LogP contribution >= 0.6 is 31.9 Å². The second-order valence-electron chi connectivity index (χ2n) is 13.7. The highest BCUT2D eigenvalue weighted by Crippen LogP contribution is 2.46. The topological polar surface area (TPSA) is 202 Å². The first-order chi connectivity index (χ1) is 26.9. The number of carboxylic acid groups (broad SMARTS) is 2. The predicted octanol–water partition coefficient (Wildman–Crippen LogP) is 5.67. The molecule has 16 heteroatoms. The highest BCUT2D eigenvalue weighted by molar-refractivity contribution is 9.10. The summed E-state index contributed by atoms with van der Waals surface area (Å²) in [6.45, 7) is 0.836. The zero-order chi connectivity index (χ0) is 39.9. The molecule has 0 saturated carbocycles. The molecule has 0 fully saturated rings. The minimum atomic E-state index is -1.06. The number of halogens is 2. The molecule has 298 valence electrons. The Hall–Kier alpha value is -4.32. The van der Waals surface area contributed by atoms with Gasteiger partial charge >= 0.3 is 11.9 Å². The molecule has 2 unspecified atom stereocenters. The summed E-state index contributed by atoms with van der Waals surface area (Å²) in [5.74, 6) is -0.598. The van der Waals surface area contributed by atoms with Crippen LogP contribution in [0.3, 0.4) is 0 Å². The SMILES string of the molecule is COc1nc(O[C@H]2CCc3c(-c4cccc5c4CC[C@@H]5Oc4nc(OC)c(CNCC(O)CC(=O)O)cc4Br)cccc32)c(Br)cc1CNCC(O)CC(=O)O. The van der Waals surface area contributed by atoms with E-state index in [2.05, 4.69) is 88.9 Å². The van der Waals surface area contributed by atoms with Gasteiger partial charge in [-0.3, -0.25) is 9.59 Å². The molecule has 0 radical (unpaired) electrons. The van der Waals surface area contributed by atoms with Crippen molar-refractivity contribution >= 4 is 43.8 Å². The number of hydrogen-bond donors (Lipinski definition) is 6. The molecule has 4 aromatic rings. The Bertz CT molecular complexity index is 1920. The van der Waals surface area contributed by atoms with Crippen molar-refractivity contribution in [3.63, 3.8) is 0 Å². The smallest absolute Gasteiger partial charge is 0.306 e. The van der Waals surface area contributed by atoms with E-state index in [-0.39, 0.29) is 38.1 Å². The summed E-state index contributed by atoms with van der Waals surface area (Å²) in [5.41, 5.74) is 8.43. The van der Waals surface area contributed by atoms with Crippen LogP contribution < -0.4 is 29.6 Å². The van der Waals surface area contributed by atoms with Gasteiger partial charge < -0.3 is 50.0 Å². The molecule has 4 atom stereocenters. The molecule has 56 heavy (non-hydrogen) atoms.